The van der Waals surface area contributed by atoms with Crippen molar-refractivity contribution in [2.45, 2.75) is 84.9 Å². The average Bonchev–Trinajstić information content (AvgIpc) is 3.39. The molecule has 12 heteroatoms. The number of ether oxygens (including phenoxy) is 3. The van der Waals surface area contributed by atoms with Crippen molar-refractivity contribution in [2.75, 3.05) is 11.9 Å². The number of hydrogen-bond acceptors (Lipinski definition) is 9. The molecule has 2 atom stereocenters. The molecule has 1 aromatic carbocycles. The Morgan fingerprint density at radius 2 is 1.95 bits per heavy atom. The summed E-state index contributed by atoms with van der Waals surface area (Å²) >= 11 is 7.85. The van der Waals surface area contributed by atoms with Gasteiger partial charge < -0.3 is 19.5 Å². The van der Waals surface area contributed by atoms with Crippen molar-refractivity contribution in [2.24, 2.45) is 0 Å². The van der Waals surface area contributed by atoms with E-state index in [1.807, 2.05) is 32.9 Å². The first-order chi connectivity index (χ1) is 18.6. The Labute approximate surface area is 243 Å². The van der Waals surface area contributed by atoms with Gasteiger partial charge in [0.25, 0.3) is 0 Å². The number of amides is 1. The molecule has 9 nitrogen and oxygen atoms in total. The zero-order valence-electron chi connectivity index (χ0n) is 23.9. The van der Waals surface area contributed by atoms with Crippen LogP contribution < -0.4 is 10.1 Å². The molecule has 0 saturated carbocycles. The van der Waals surface area contributed by atoms with Gasteiger partial charge >= 0.3 is 6.09 Å². The molecule has 1 aliphatic rings. The van der Waals surface area contributed by atoms with E-state index in [4.69, 9.17) is 25.8 Å². The van der Waals surface area contributed by atoms with E-state index in [0.29, 0.717) is 15.6 Å². The number of carbonyl (C=O) groups excluding carboxylic acids is 1. The Balaban J connectivity index is 1.52. The Morgan fingerprint density at radius 3 is 2.62 bits per heavy atom. The van der Waals surface area contributed by atoms with E-state index >= 15 is 4.39 Å². The van der Waals surface area contributed by atoms with Crippen molar-refractivity contribution < 1.29 is 23.4 Å². The Kier molecular flexibility index (Phi) is 8.58. The van der Waals surface area contributed by atoms with Gasteiger partial charge in [-0.15, -0.1) is 10.2 Å². The average molecular weight is 592 g/mol. The van der Waals surface area contributed by atoms with Crippen LogP contribution in [0.1, 0.15) is 55.4 Å². The third-order valence-electron chi connectivity index (χ3n) is 6.05. The summed E-state index contributed by atoms with van der Waals surface area (Å²) in [7, 11) is 0. The summed E-state index contributed by atoms with van der Waals surface area (Å²) in [5.74, 6) is 0.0710. The molecule has 1 saturated heterocycles. The number of carbonyl (C=O) groups is 1. The SMILES string of the molecule is CC(C)Nc1cc(-c2nnc(-c3cc(F)c(OC[C@H]4[C@H](C)OC(C)(C)N4C(=O)OC(C)(C)C)cc3Cl)s2)ccn1. The van der Waals surface area contributed by atoms with Gasteiger partial charge in [-0.05, 0) is 73.6 Å². The van der Waals surface area contributed by atoms with Gasteiger partial charge in [-0.1, -0.05) is 22.9 Å². The minimum Gasteiger partial charge on any atom is -0.488 e. The third-order valence-corrected chi connectivity index (χ3v) is 7.37. The fourth-order valence-corrected chi connectivity index (χ4v) is 5.61. The van der Waals surface area contributed by atoms with Gasteiger partial charge in [-0.2, -0.15) is 0 Å². The molecule has 0 radical (unpaired) electrons. The van der Waals surface area contributed by atoms with Gasteiger partial charge in [0.15, 0.2) is 11.6 Å². The number of aromatic nitrogens is 3. The van der Waals surface area contributed by atoms with E-state index in [-0.39, 0.29) is 29.5 Å². The fraction of sp³-hybridized carbons (Fsp3) is 0.500. The van der Waals surface area contributed by atoms with E-state index in [9.17, 15) is 4.79 Å². The lowest BCUT2D eigenvalue weighted by molar-refractivity contribution is -0.0760. The molecule has 0 unspecified atom stereocenters. The lowest BCUT2D eigenvalue weighted by atomic mass is 10.1. The smallest absolute Gasteiger partial charge is 0.413 e. The number of halogens is 2. The standard InChI is InChI=1S/C28H35ClFN5O4S/c1-15(2)32-23-11-17(9-10-31-23)24-33-34-25(40-24)18-12-20(30)22(13-19(18)29)37-14-21-16(3)38-28(7,8)35(21)26(36)39-27(4,5)6/h9-13,15-16,21H,14H2,1-8H3,(H,31,32)/t16-,21-/m0/s1. The Bertz CT molecular complexity index is 1380. The summed E-state index contributed by atoms with van der Waals surface area (Å²) in [5, 5.41) is 13.2. The normalized spacial score (nSPS) is 18.7. The van der Waals surface area contributed by atoms with Crippen LogP contribution in [0.3, 0.4) is 0 Å². The molecule has 216 valence electrons. The van der Waals surface area contributed by atoms with E-state index < -0.39 is 29.3 Å². The zero-order valence-corrected chi connectivity index (χ0v) is 25.5. The van der Waals surface area contributed by atoms with Crippen molar-refractivity contribution in [3.05, 3.63) is 41.3 Å². The molecule has 0 bridgehead atoms. The van der Waals surface area contributed by atoms with Crippen molar-refractivity contribution in [1.29, 1.82) is 0 Å². The van der Waals surface area contributed by atoms with E-state index in [1.165, 1.54) is 28.4 Å². The number of nitrogens with one attached hydrogen (secondary N) is 1. The largest absolute Gasteiger partial charge is 0.488 e. The molecule has 0 aliphatic carbocycles. The predicted molar refractivity (Wildman–Crippen MR) is 154 cm³/mol. The van der Waals surface area contributed by atoms with Gasteiger partial charge in [-0.25, -0.2) is 14.2 Å². The molecular weight excluding hydrogens is 557 g/mol. The van der Waals surface area contributed by atoms with E-state index in [0.717, 1.165) is 11.4 Å². The Hall–Kier alpha value is -3.02. The van der Waals surface area contributed by atoms with Gasteiger partial charge in [0.2, 0.25) is 0 Å². The van der Waals surface area contributed by atoms with Crippen molar-refractivity contribution >= 4 is 34.8 Å². The number of anilines is 1. The van der Waals surface area contributed by atoms with Crippen molar-refractivity contribution in [3.63, 3.8) is 0 Å². The fourth-order valence-electron chi connectivity index (χ4n) is 4.44. The van der Waals surface area contributed by atoms with Gasteiger partial charge in [0.05, 0.1) is 17.2 Å². The summed E-state index contributed by atoms with van der Waals surface area (Å²) in [6.07, 6.45) is 0.795. The number of pyridine rings is 1. The van der Waals surface area contributed by atoms with Gasteiger partial charge in [0, 0.05) is 29.4 Å². The Morgan fingerprint density at radius 1 is 1.25 bits per heavy atom. The van der Waals surface area contributed by atoms with Crippen molar-refractivity contribution in [1.82, 2.24) is 20.1 Å². The molecule has 4 rings (SSSR count). The highest BCUT2D eigenvalue weighted by Crippen LogP contribution is 2.38. The van der Waals surface area contributed by atoms with Gasteiger partial charge in [0.1, 0.15) is 33.8 Å². The number of hydrogen-bond donors (Lipinski definition) is 1. The number of nitrogens with zero attached hydrogens (tertiary/aromatic N) is 4. The first-order valence-electron chi connectivity index (χ1n) is 13.0. The topological polar surface area (TPSA) is 98.7 Å². The minimum absolute atomic E-state index is 0.0197. The molecule has 1 N–H and O–H groups in total. The van der Waals surface area contributed by atoms with Gasteiger partial charge in [-0.3, -0.25) is 4.90 Å². The molecule has 3 aromatic rings. The minimum atomic E-state index is -0.925. The summed E-state index contributed by atoms with van der Waals surface area (Å²) in [4.78, 5) is 18.8. The summed E-state index contributed by atoms with van der Waals surface area (Å²) in [6.45, 7) is 14.8. The summed E-state index contributed by atoms with van der Waals surface area (Å²) in [6, 6.07) is 6.14. The maximum Gasteiger partial charge on any atom is 0.413 e. The lowest BCUT2D eigenvalue weighted by Crippen LogP contribution is -2.52. The highest BCUT2D eigenvalue weighted by atomic mass is 35.5. The van der Waals surface area contributed by atoms with Crippen LogP contribution in [0.15, 0.2) is 30.5 Å². The molecule has 40 heavy (non-hydrogen) atoms. The van der Waals surface area contributed by atoms with Crippen LogP contribution in [-0.2, 0) is 9.47 Å². The van der Waals surface area contributed by atoms with E-state index in [2.05, 4.69) is 20.5 Å². The first kappa shape index (κ1) is 30.0. The van der Waals surface area contributed by atoms with Crippen molar-refractivity contribution in [3.8, 4) is 26.9 Å². The van der Waals surface area contributed by atoms with Crippen LogP contribution >= 0.6 is 22.9 Å². The maximum atomic E-state index is 15.2. The van der Waals surface area contributed by atoms with Crippen LogP contribution in [0.4, 0.5) is 15.0 Å². The zero-order chi connectivity index (χ0) is 29.4. The van der Waals surface area contributed by atoms with Crippen LogP contribution in [0.2, 0.25) is 5.02 Å². The van der Waals surface area contributed by atoms with E-state index in [1.54, 1.807) is 40.8 Å². The molecule has 1 amide bonds. The van der Waals surface area contributed by atoms with Crippen LogP contribution in [0.5, 0.6) is 5.75 Å². The second kappa shape index (κ2) is 11.5. The highest BCUT2D eigenvalue weighted by molar-refractivity contribution is 7.18. The van der Waals surface area contributed by atoms with Crippen LogP contribution in [0.25, 0.3) is 21.1 Å². The number of rotatable bonds is 7. The second-order valence-electron chi connectivity index (χ2n) is 11.4. The summed E-state index contributed by atoms with van der Waals surface area (Å²) < 4.78 is 32.7. The number of benzene rings is 1. The molecule has 0 spiro atoms. The summed E-state index contributed by atoms with van der Waals surface area (Å²) in [5.41, 5.74) is -0.372. The second-order valence-corrected chi connectivity index (χ2v) is 12.8. The molecule has 3 heterocycles. The predicted octanol–water partition coefficient (Wildman–Crippen LogP) is 7.02. The quantitative estimate of drug-likeness (QED) is 0.313. The molecule has 1 fully saturated rings. The lowest BCUT2D eigenvalue weighted by Gasteiger charge is -2.35. The first-order valence-corrected chi connectivity index (χ1v) is 14.2. The van der Waals surface area contributed by atoms with Crippen LogP contribution in [0, 0.1) is 5.82 Å². The monoisotopic (exact) mass is 591 g/mol. The third kappa shape index (κ3) is 6.82. The van der Waals surface area contributed by atoms with Crippen LogP contribution in [-0.4, -0.2) is 62.3 Å². The molecule has 1 aliphatic heterocycles. The molecule has 2 aromatic heterocycles. The maximum absolute atomic E-state index is 15.2. The highest BCUT2D eigenvalue weighted by Gasteiger charge is 2.50. The molecular formula is C28H35ClFN5O4S.